The van der Waals surface area contributed by atoms with E-state index >= 15 is 0 Å². The number of ketones is 1. The average Bonchev–Trinajstić information content (AvgIpc) is 2.97. The minimum absolute atomic E-state index is 0.0827. The Labute approximate surface area is 82.9 Å². The Balaban J connectivity index is 2.15. The van der Waals surface area contributed by atoms with E-state index in [-0.39, 0.29) is 11.7 Å². The van der Waals surface area contributed by atoms with Gasteiger partial charge in [-0.05, 0) is 24.8 Å². The van der Waals surface area contributed by atoms with Crippen LogP contribution in [0.4, 0.5) is 0 Å². The topological polar surface area (TPSA) is 34.1 Å². The summed E-state index contributed by atoms with van der Waals surface area (Å²) >= 11 is 0. The molecule has 0 aliphatic heterocycles. The molecule has 0 heterocycles. The zero-order chi connectivity index (χ0) is 10.1. The maximum absolute atomic E-state index is 11.0. The summed E-state index contributed by atoms with van der Waals surface area (Å²) in [7, 11) is 0. The summed E-state index contributed by atoms with van der Waals surface area (Å²) < 4.78 is 0. The van der Waals surface area contributed by atoms with Crippen molar-refractivity contribution in [2.75, 3.05) is 0 Å². The van der Waals surface area contributed by atoms with Gasteiger partial charge in [0, 0.05) is 11.5 Å². The molecule has 2 nitrogen and oxygen atoms in total. The van der Waals surface area contributed by atoms with Crippen molar-refractivity contribution in [3.63, 3.8) is 0 Å². The van der Waals surface area contributed by atoms with Gasteiger partial charge < -0.3 is 4.79 Å². The number of aldehydes is 1. The van der Waals surface area contributed by atoms with Crippen LogP contribution in [-0.2, 0) is 4.79 Å². The Morgan fingerprint density at radius 2 is 2.00 bits per heavy atom. The maximum Gasteiger partial charge on any atom is 0.159 e. The average molecular weight is 188 g/mol. The first-order chi connectivity index (χ1) is 6.72. The van der Waals surface area contributed by atoms with E-state index in [1.807, 2.05) is 24.3 Å². The molecule has 0 amide bonds. The number of carbonyl (C=O) groups excluding carboxylic acids is 2. The Bertz CT molecular complexity index is 364. The molecule has 14 heavy (non-hydrogen) atoms. The van der Waals surface area contributed by atoms with E-state index in [0.717, 1.165) is 18.3 Å². The first-order valence-corrected chi connectivity index (χ1v) is 4.78. The second kappa shape index (κ2) is 3.37. The van der Waals surface area contributed by atoms with Gasteiger partial charge in [0.25, 0.3) is 0 Å². The SMILES string of the molecule is CC(=O)c1ccc(C2CC2C=O)cc1. The van der Waals surface area contributed by atoms with Gasteiger partial charge in [0.2, 0.25) is 0 Å². The summed E-state index contributed by atoms with van der Waals surface area (Å²) in [6, 6.07) is 7.56. The van der Waals surface area contributed by atoms with Gasteiger partial charge in [-0.2, -0.15) is 0 Å². The molecule has 2 heteroatoms. The predicted octanol–water partition coefficient (Wildman–Crippen LogP) is 2.19. The third kappa shape index (κ3) is 1.60. The molecular weight excluding hydrogens is 176 g/mol. The zero-order valence-electron chi connectivity index (χ0n) is 8.07. The molecule has 1 aliphatic rings. The quantitative estimate of drug-likeness (QED) is 0.538. The minimum atomic E-state index is 0.0827. The number of rotatable bonds is 3. The minimum Gasteiger partial charge on any atom is -0.303 e. The zero-order valence-corrected chi connectivity index (χ0v) is 8.07. The van der Waals surface area contributed by atoms with E-state index in [9.17, 15) is 9.59 Å². The van der Waals surface area contributed by atoms with E-state index < -0.39 is 0 Å². The second-order valence-electron chi connectivity index (χ2n) is 3.82. The van der Waals surface area contributed by atoms with Crippen LogP contribution < -0.4 is 0 Å². The fourth-order valence-electron chi connectivity index (χ4n) is 1.71. The molecule has 1 aromatic rings. The molecule has 72 valence electrons. The lowest BCUT2D eigenvalue weighted by Gasteiger charge is -1.99. The highest BCUT2D eigenvalue weighted by Crippen LogP contribution is 2.45. The van der Waals surface area contributed by atoms with Gasteiger partial charge in [-0.25, -0.2) is 0 Å². The lowest BCUT2D eigenvalue weighted by atomic mass is 10.1. The molecule has 0 N–H and O–H groups in total. The molecule has 0 aromatic heterocycles. The molecule has 0 spiro atoms. The van der Waals surface area contributed by atoms with Crippen molar-refractivity contribution in [1.29, 1.82) is 0 Å². The molecule has 1 aliphatic carbocycles. The van der Waals surface area contributed by atoms with Crippen molar-refractivity contribution in [1.82, 2.24) is 0 Å². The fourth-order valence-corrected chi connectivity index (χ4v) is 1.71. The lowest BCUT2D eigenvalue weighted by Crippen LogP contribution is -1.92. The standard InChI is InChI=1S/C12H12O2/c1-8(14)9-2-4-10(5-3-9)12-6-11(12)7-13/h2-5,7,11-12H,6H2,1H3. The highest BCUT2D eigenvalue weighted by molar-refractivity contribution is 5.94. The summed E-state index contributed by atoms with van der Waals surface area (Å²) in [5.41, 5.74) is 1.91. The smallest absolute Gasteiger partial charge is 0.159 e. The van der Waals surface area contributed by atoms with E-state index in [4.69, 9.17) is 0 Å². The highest BCUT2D eigenvalue weighted by atomic mass is 16.1. The van der Waals surface area contributed by atoms with Gasteiger partial charge in [0.15, 0.2) is 5.78 Å². The molecule has 0 radical (unpaired) electrons. The van der Waals surface area contributed by atoms with Gasteiger partial charge >= 0.3 is 0 Å². The van der Waals surface area contributed by atoms with Crippen LogP contribution in [0.3, 0.4) is 0 Å². The first kappa shape index (κ1) is 9.13. The summed E-state index contributed by atoms with van der Waals surface area (Å²) in [4.78, 5) is 21.5. The van der Waals surface area contributed by atoms with E-state index in [0.29, 0.717) is 5.92 Å². The van der Waals surface area contributed by atoms with Crippen LogP contribution in [0.5, 0.6) is 0 Å². The van der Waals surface area contributed by atoms with Gasteiger partial charge in [0.05, 0.1) is 0 Å². The molecule has 2 rings (SSSR count). The van der Waals surface area contributed by atoms with Crippen LogP contribution >= 0.6 is 0 Å². The van der Waals surface area contributed by atoms with Crippen molar-refractivity contribution in [3.8, 4) is 0 Å². The van der Waals surface area contributed by atoms with Crippen LogP contribution in [0, 0.1) is 5.92 Å². The fraction of sp³-hybridized carbons (Fsp3) is 0.333. The molecule has 1 fully saturated rings. The number of carbonyl (C=O) groups is 2. The van der Waals surface area contributed by atoms with Gasteiger partial charge in [-0.3, -0.25) is 4.79 Å². The number of benzene rings is 1. The monoisotopic (exact) mass is 188 g/mol. The lowest BCUT2D eigenvalue weighted by molar-refractivity contribution is -0.108. The Morgan fingerprint density at radius 1 is 1.36 bits per heavy atom. The number of hydrogen-bond acceptors (Lipinski definition) is 2. The molecule has 0 bridgehead atoms. The Kier molecular flexibility index (Phi) is 2.20. The third-order valence-corrected chi connectivity index (χ3v) is 2.76. The predicted molar refractivity (Wildman–Crippen MR) is 53.4 cm³/mol. The van der Waals surface area contributed by atoms with Crippen molar-refractivity contribution < 1.29 is 9.59 Å². The van der Waals surface area contributed by atoms with Crippen molar-refractivity contribution in [2.24, 2.45) is 5.92 Å². The number of Topliss-reactive ketones (excluding diaryl/α,β-unsaturated/α-hetero) is 1. The van der Waals surface area contributed by atoms with Crippen LogP contribution in [0.2, 0.25) is 0 Å². The van der Waals surface area contributed by atoms with Gasteiger partial charge in [-0.1, -0.05) is 24.3 Å². The van der Waals surface area contributed by atoms with Crippen LogP contribution in [0.25, 0.3) is 0 Å². The largest absolute Gasteiger partial charge is 0.303 e. The normalized spacial score (nSPS) is 24.4. The summed E-state index contributed by atoms with van der Waals surface area (Å²) in [5, 5.41) is 0. The van der Waals surface area contributed by atoms with Gasteiger partial charge in [0.1, 0.15) is 6.29 Å². The van der Waals surface area contributed by atoms with Crippen molar-refractivity contribution in [3.05, 3.63) is 35.4 Å². The van der Waals surface area contributed by atoms with Crippen molar-refractivity contribution >= 4 is 12.1 Å². The van der Waals surface area contributed by atoms with E-state index in [1.165, 1.54) is 5.56 Å². The molecular formula is C12H12O2. The van der Waals surface area contributed by atoms with Crippen molar-refractivity contribution in [2.45, 2.75) is 19.3 Å². The van der Waals surface area contributed by atoms with E-state index in [1.54, 1.807) is 6.92 Å². The Morgan fingerprint density at radius 3 is 2.43 bits per heavy atom. The molecule has 2 atom stereocenters. The summed E-state index contributed by atoms with van der Waals surface area (Å²) in [6.07, 6.45) is 1.98. The third-order valence-electron chi connectivity index (χ3n) is 2.76. The molecule has 2 unspecified atom stereocenters. The summed E-state index contributed by atoms with van der Waals surface area (Å²) in [6.45, 7) is 1.56. The molecule has 0 saturated heterocycles. The van der Waals surface area contributed by atoms with Crippen LogP contribution in [-0.4, -0.2) is 12.1 Å². The maximum atomic E-state index is 11.0. The second-order valence-corrected chi connectivity index (χ2v) is 3.82. The van der Waals surface area contributed by atoms with Gasteiger partial charge in [-0.15, -0.1) is 0 Å². The van der Waals surface area contributed by atoms with Crippen LogP contribution in [0.15, 0.2) is 24.3 Å². The van der Waals surface area contributed by atoms with E-state index in [2.05, 4.69) is 0 Å². The first-order valence-electron chi connectivity index (χ1n) is 4.78. The Hall–Kier alpha value is -1.44. The molecule has 1 saturated carbocycles. The van der Waals surface area contributed by atoms with Crippen LogP contribution in [0.1, 0.15) is 35.2 Å². The summed E-state index contributed by atoms with van der Waals surface area (Å²) in [5.74, 6) is 0.686. The highest BCUT2D eigenvalue weighted by Gasteiger charge is 2.37. The molecule has 1 aromatic carbocycles. The number of hydrogen-bond donors (Lipinski definition) is 0.